The fourth-order valence-corrected chi connectivity index (χ4v) is 2.19. The fourth-order valence-electron chi connectivity index (χ4n) is 2.19. The van der Waals surface area contributed by atoms with Crippen LogP contribution in [0.4, 0.5) is 0 Å². The summed E-state index contributed by atoms with van der Waals surface area (Å²) in [6.07, 6.45) is 2.78. The highest BCUT2D eigenvalue weighted by Crippen LogP contribution is 2.19. The van der Waals surface area contributed by atoms with Gasteiger partial charge in [-0.15, -0.1) is 0 Å². The topological polar surface area (TPSA) is 55.1 Å². The van der Waals surface area contributed by atoms with Crippen LogP contribution in [0.25, 0.3) is 0 Å². The quantitative estimate of drug-likeness (QED) is 0.792. The highest BCUT2D eigenvalue weighted by Gasteiger charge is 2.14. The summed E-state index contributed by atoms with van der Waals surface area (Å²) in [4.78, 5) is 11.8. The molecule has 112 valence electrons. The molecule has 0 radical (unpaired) electrons. The van der Waals surface area contributed by atoms with E-state index in [4.69, 9.17) is 4.52 Å². The number of hydrogen-bond acceptors (Lipinski definition) is 3. The molecule has 1 aromatic carbocycles. The molecule has 1 amide bonds. The van der Waals surface area contributed by atoms with Gasteiger partial charge in [-0.1, -0.05) is 55.8 Å². The van der Waals surface area contributed by atoms with E-state index >= 15 is 0 Å². The minimum absolute atomic E-state index is 0.186. The maximum Gasteiger partial charge on any atom is 0.289 e. The van der Waals surface area contributed by atoms with Crippen molar-refractivity contribution in [2.45, 2.75) is 39.0 Å². The van der Waals surface area contributed by atoms with Gasteiger partial charge >= 0.3 is 0 Å². The van der Waals surface area contributed by atoms with Gasteiger partial charge in [0.25, 0.3) is 5.91 Å². The van der Waals surface area contributed by atoms with E-state index in [9.17, 15) is 4.79 Å². The van der Waals surface area contributed by atoms with E-state index in [1.807, 2.05) is 18.2 Å². The first-order valence-corrected chi connectivity index (χ1v) is 7.49. The Labute approximate surface area is 125 Å². The molecule has 0 aliphatic carbocycles. The van der Waals surface area contributed by atoms with Crippen LogP contribution in [0.1, 0.15) is 54.4 Å². The lowest BCUT2D eigenvalue weighted by atomic mass is 9.96. The molecule has 2 aromatic rings. The molecule has 0 saturated carbocycles. The second-order valence-electron chi connectivity index (χ2n) is 5.31. The average Bonchev–Trinajstić information content (AvgIpc) is 2.97. The minimum Gasteiger partial charge on any atom is -0.351 e. The lowest BCUT2D eigenvalue weighted by Gasteiger charge is -2.08. The number of nitrogens with zero attached hydrogens (tertiary/aromatic N) is 1. The third-order valence-electron chi connectivity index (χ3n) is 3.48. The van der Waals surface area contributed by atoms with Crippen LogP contribution >= 0.6 is 0 Å². The Balaban J connectivity index is 1.92. The Morgan fingerprint density at radius 1 is 1.33 bits per heavy atom. The van der Waals surface area contributed by atoms with Crippen LogP contribution in [-0.4, -0.2) is 17.6 Å². The standard InChI is InChI=1S/C17H22N2O2/c1-3-4-10-18-17(20)16-12-15(19-21-16)11-13(2)14-8-6-5-7-9-14/h5-9,12-13H,3-4,10-11H2,1-2H3,(H,18,20)/t13-/m1/s1. The lowest BCUT2D eigenvalue weighted by molar-refractivity contribution is 0.0916. The van der Waals surface area contributed by atoms with Gasteiger partial charge < -0.3 is 9.84 Å². The summed E-state index contributed by atoms with van der Waals surface area (Å²) in [5.41, 5.74) is 2.07. The third kappa shape index (κ3) is 4.45. The zero-order chi connectivity index (χ0) is 15.1. The summed E-state index contributed by atoms with van der Waals surface area (Å²) in [6, 6.07) is 12.0. The Hall–Kier alpha value is -2.10. The van der Waals surface area contributed by atoms with Crippen molar-refractivity contribution < 1.29 is 9.32 Å². The van der Waals surface area contributed by atoms with E-state index in [0.717, 1.165) is 25.0 Å². The van der Waals surface area contributed by atoms with Gasteiger partial charge in [-0.2, -0.15) is 0 Å². The molecule has 21 heavy (non-hydrogen) atoms. The van der Waals surface area contributed by atoms with Gasteiger partial charge in [-0.25, -0.2) is 0 Å². The van der Waals surface area contributed by atoms with Crippen LogP contribution in [0.5, 0.6) is 0 Å². The second kappa shape index (κ2) is 7.62. The van der Waals surface area contributed by atoms with Crippen LogP contribution in [0, 0.1) is 0 Å². The number of hydrogen-bond donors (Lipinski definition) is 1. The Kier molecular flexibility index (Phi) is 5.55. The van der Waals surface area contributed by atoms with Crippen LogP contribution in [-0.2, 0) is 6.42 Å². The Morgan fingerprint density at radius 3 is 2.81 bits per heavy atom. The molecule has 0 fully saturated rings. The Morgan fingerprint density at radius 2 is 2.10 bits per heavy atom. The largest absolute Gasteiger partial charge is 0.351 e. The predicted molar refractivity (Wildman–Crippen MR) is 82.3 cm³/mol. The summed E-state index contributed by atoms with van der Waals surface area (Å²) in [5, 5.41) is 6.82. The van der Waals surface area contributed by atoms with E-state index in [-0.39, 0.29) is 5.91 Å². The van der Waals surface area contributed by atoms with Crippen molar-refractivity contribution in [1.82, 2.24) is 10.5 Å². The van der Waals surface area contributed by atoms with Crippen molar-refractivity contribution in [2.24, 2.45) is 0 Å². The molecule has 0 spiro atoms. The van der Waals surface area contributed by atoms with Gasteiger partial charge in [-0.05, 0) is 24.3 Å². The number of benzene rings is 1. The van der Waals surface area contributed by atoms with Gasteiger partial charge in [0.1, 0.15) is 0 Å². The highest BCUT2D eigenvalue weighted by atomic mass is 16.5. The van der Waals surface area contributed by atoms with Crippen LogP contribution in [0.2, 0.25) is 0 Å². The van der Waals surface area contributed by atoms with Crippen molar-refractivity contribution in [2.75, 3.05) is 6.54 Å². The molecule has 0 unspecified atom stereocenters. The molecule has 0 bridgehead atoms. The van der Waals surface area contributed by atoms with Crippen molar-refractivity contribution >= 4 is 5.91 Å². The Bertz CT molecular complexity index is 563. The fraction of sp³-hybridized carbons (Fsp3) is 0.412. The van der Waals surface area contributed by atoms with Crippen LogP contribution < -0.4 is 5.32 Å². The van der Waals surface area contributed by atoms with Gasteiger partial charge in [0, 0.05) is 12.6 Å². The number of carbonyl (C=O) groups is 1. The normalized spacial score (nSPS) is 12.1. The van der Waals surface area contributed by atoms with E-state index in [2.05, 4.69) is 36.5 Å². The molecule has 1 atom stereocenters. The molecule has 4 nitrogen and oxygen atoms in total. The SMILES string of the molecule is CCCCNC(=O)c1cc(C[C@@H](C)c2ccccc2)no1. The highest BCUT2D eigenvalue weighted by molar-refractivity contribution is 5.91. The number of nitrogens with one attached hydrogen (secondary N) is 1. The van der Waals surface area contributed by atoms with Crippen LogP contribution in [0.15, 0.2) is 40.9 Å². The summed E-state index contributed by atoms with van der Waals surface area (Å²) >= 11 is 0. The average molecular weight is 286 g/mol. The van der Waals surface area contributed by atoms with Crippen molar-refractivity contribution in [3.8, 4) is 0 Å². The van der Waals surface area contributed by atoms with Gasteiger partial charge in [0.2, 0.25) is 5.76 Å². The number of rotatable bonds is 7. The predicted octanol–water partition coefficient (Wildman–Crippen LogP) is 3.55. The molecule has 0 saturated heterocycles. The van der Waals surface area contributed by atoms with E-state index in [0.29, 0.717) is 18.2 Å². The third-order valence-corrected chi connectivity index (χ3v) is 3.48. The molecule has 1 aromatic heterocycles. The lowest BCUT2D eigenvalue weighted by Crippen LogP contribution is -2.23. The van der Waals surface area contributed by atoms with Crippen LogP contribution in [0.3, 0.4) is 0 Å². The molecule has 1 heterocycles. The van der Waals surface area contributed by atoms with Gasteiger partial charge in [-0.3, -0.25) is 4.79 Å². The number of amides is 1. The molecular weight excluding hydrogens is 264 g/mol. The maximum atomic E-state index is 11.8. The zero-order valence-corrected chi connectivity index (χ0v) is 12.6. The monoisotopic (exact) mass is 286 g/mol. The van der Waals surface area contributed by atoms with E-state index < -0.39 is 0 Å². The first-order chi connectivity index (χ1) is 10.2. The maximum absolute atomic E-state index is 11.8. The zero-order valence-electron chi connectivity index (χ0n) is 12.6. The molecule has 0 aliphatic heterocycles. The summed E-state index contributed by atoms with van der Waals surface area (Å²) < 4.78 is 5.13. The summed E-state index contributed by atoms with van der Waals surface area (Å²) in [5.74, 6) is 0.447. The second-order valence-corrected chi connectivity index (χ2v) is 5.31. The molecule has 0 aliphatic rings. The van der Waals surface area contributed by atoms with Gasteiger partial charge in [0.15, 0.2) is 0 Å². The first kappa shape index (κ1) is 15.3. The first-order valence-electron chi connectivity index (χ1n) is 7.49. The molecular formula is C17H22N2O2. The van der Waals surface area contributed by atoms with Crippen molar-refractivity contribution in [3.63, 3.8) is 0 Å². The van der Waals surface area contributed by atoms with E-state index in [1.54, 1.807) is 6.07 Å². The van der Waals surface area contributed by atoms with Gasteiger partial charge in [0.05, 0.1) is 5.69 Å². The van der Waals surface area contributed by atoms with E-state index in [1.165, 1.54) is 5.56 Å². The smallest absolute Gasteiger partial charge is 0.289 e. The number of aromatic nitrogens is 1. The number of unbranched alkanes of at least 4 members (excludes halogenated alkanes) is 1. The summed E-state index contributed by atoms with van der Waals surface area (Å²) in [7, 11) is 0. The van der Waals surface area contributed by atoms with Crippen molar-refractivity contribution in [1.29, 1.82) is 0 Å². The minimum atomic E-state index is -0.186. The van der Waals surface area contributed by atoms with Crippen molar-refractivity contribution in [3.05, 3.63) is 53.4 Å². The molecule has 1 N–H and O–H groups in total. The summed E-state index contributed by atoms with van der Waals surface area (Å²) in [6.45, 7) is 4.90. The number of carbonyl (C=O) groups excluding carboxylic acids is 1. The molecule has 4 heteroatoms. The molecule has 2 rings (SSSR count).